The zero-order valence-corrected chi connectivity index (χ0v) is 21.3. The van der Waals surface area contributed by atoms with E-state index in [0.29, 0.717) is 34.6 Å². The van der Waals surface area contributed by atoms with Gasteiger partial charge in [0.05, 0.1) is 25.2 Å². The van der Waals surface area contributed by atoms with E-state index in [-0.39, 0.29) is 32.1 Å². The molecule has 0 aromatic carbocycles. The molecule has 5 N–H and O–H groups in total. The maximum Gasteiger partial charge on any atom is 0.281 e. The summed E-state index contributed by atoms with van der Waals surface area (Å²) in [5.41, 5.74) is 6.23. The van der Waals surface area contributed by atoms with E-state index in [0.717, 1.165) is 4.90 Å². The predicted octanol–water partition coefficient (Wildman–Crippen LogP) is -0.219. The van der Waals surface area contributed by atoms with Crippen LogP contribution in [0.3, 0.4) is 0 Å². The Bertz CT molecular complexity index is 1270. The van der Waals surface area contributed by atoms with Crippen LogP contribution in [0.5, 0.6) is 0 Å². The van der Waals surface area contributed by atoms with Crippen LogP contribution in [0.25, 0.3) is 10.6 Å². The quantitative estimate of drug-likeness (QED) is 0.242. The Morgan fingerprint density at radius 1 is 1.34 bits per heavy atom. The molecule has 2 fully saturated rings. The van der Waals surface area contributed by atoms with Crippen LogP contribution in [-0.2, 0) is 14.4 Å². The predicted molar refractivity (Wildman–Crippen MR) is 133 cm³/mol. The van der Waals surface area contributed by atoms with E-state index in [9.17, 15) is 23.2 Å². The Balaban J connectivity index is 1.23. The molecule has 0 spiro atoms. The number of nitrogens with one attached hydrogen (secondary N) is 3. The molecule has 0 radical (unpaired) electrons. The number of imide groups is 1. The average molecular weight is 549 g/mol. The lowest BCUT2D eigenvalue weighted by atomic mass is 10.2. The largest absolute Gasteiger partial charge is 0.373 e. The molecule has 3 aliphatic rings. The third-order valence-corrected chi connectivity index (χ3v) is 7.85. The second-order valence-electron chi connectivity index (χ2n) is 9.11. The molecular weight excluding hydrogens is 522 g/mol. The van der Waals surface area contributed by atoms with Gasteiger partial charge in [-0.15, -0.1) is 11.3 Å². The molecule has 4 heterocycles. The highest BCUT2D eigenvalue weighted by Crippen LogP contribution is 2.59. The van der Waals surface area contributed by atoms with Crippen LogP contribution in [-0.4, -0.2) is 88.4 Å². The summed E-state index contributed by atoms with van der Waals surface area (Å²) in [7, 11) is 1.61. The first-order valence-corrected chi connectivity index (χ1v) is 12.7. The first-order chi connectivity index (χ1) is 18.2. The highest BCUT2D eigenvalue weighted by atomic mass is 32.1. The zero-order chi connectivity index (χ0) is 27.2. The molecule has 1 aliphatic carbocycles. The maximum atomic E-state index is 13.4. The molecule has 1 saturated carbocycles. The molecule has 0 bridgehead atoms. The number of hydrogen-bond donors (Lipinski definition) is 4. The smallest absolute Gasteiger partial charge is 0.281 e. The van der Waals surface area contributed by atoms with Crippen LogP contribution in [0.4, 0.5) is 20.5 Å². The van der Waals surface area contributed by atoms with E-state index in [1.165, 1.54) is 16.2 Å². The average Bonchev–Trinajstić information content (AvgIpc) is 3.49. The highest BCUT2D eigenvalue weighted by molar-refractivity contribution is 7.13. The van der Waals surface area contributed by atoms with Crippen molar-refractivity contribution < 1.29 is 23.2 Å². The van der Waals surface area contributed by atoms with Crippen LogP contribution >= 0.6 is 11.3 Å². The molecule has 2 unspecified atom stereocenters. The Morgan fingerprint density at radius 2 is 2.03 bits per heavy atom. The topological polar surface area (TPSA) is 162 Å². The van der Waals surface area contributed by atoms with E-state index in [2.05, 4.69) is 30.9 Å². The summed E-state index contributed by atoms with van der Waals surface area (Å²) in [6.45, 7) is 1.96. The van der Waals surface area contributed by atoms with Crippen molar-refractivity contribution in [1.29, 1.82) is 0 Å². The Kier molecular flexibility index (Phi) is 6.60. The van der Waals surface area contributed by atoms with Gasteiger partial charge in [-0.05, 0) is 6.92 Å². The van der Waals surface area contributed by atoms with Crippen LogP contribution < -0.4 is 26.6 Å². The van der Waals surface area contributed by atoms with E-state index in [1.807, 2.05) is 0 Å². The number of hydrogen-bond acceptors (Lipinski definition) is 12. The van der Waals surface area contributed by atoms with Gasteiger partial charge in [0.25, 0.3) is 11.8 Å². The molecule has 2 aromatic heterocycles. The summed E-state index contributed by atoms with van der Waals surface area (Å²) in [4.78, 5) is 54.2. The Labute approximate surface area is 220 Å². The number of carbonyl (C=O) groups is 3. The van der Waals surface area contributed by atoms with E-state index < -0.39 is 35.6 Å². The third kappa shape index (κ3) is 4.38. The molecule has 2 aromatic rings. The molecule has 3 atom stereocenters. The lowest BCUT2D eigenvalue weighted by Crippen LogP contribution is -2.46. The van der Waals surface area contributed by atoms with E-state index >= 15 is 0 Å². The van der Waals surface area contributed by atoms with E-state index in [1.54, 1.807) is 36.6 Å². The van der Waals surface area contributed by atoms with Gasteiger partial charge in [0.1, 0.15) is 28.4 Å². The van der Waals surface area contributed by atoms with Crippen LogP contribution in [0.1, 0.15) is 6.92 Å². The van der Waals surface area contributed by atoms with Crippen molar-refractivity contribution in [3.63, 3.8) is 0 Å². The molecule has 38 heavy (non-hydrogen) atoms. The molecule has 13 nitrogen and oxygen atoms in total. The van der Waals surface area contributed by atoms with Crippen molar-refractivity contribution in [2.45, 2.75) is 18.9 Å². The minimum atomic E-state index is -2.57. The standard InChI is InChI=1S/C22H26F2N10O3S/c1-11(34-9-29-17(26-2)16(34)20(37)33(8-25)10-35)18(36)30-15-7-38-19(31-15)12-3-27-21(28-4-12)32-5-13-14(6-32)22(13,23)24/h3-4,7,10-11,13-14,26,29H,5-6,8-9,25H2,1-2H3,(H,30,36)/t11-,13?,14?/m0/s1. The fraction of sp³-hybridized carbons (Fsp3) is 0.455. The number of carbonyl (C=O) groups excluding carboxylic acids is 3. The second kappa shape index (κ2) is 9.75. The number of rotatable bonds is 9. The van der Waals surface area contributed by atoms with Gasteiger partial charge < -0.3 is 31.5 Å². The fourth-order valence-electron chi connectivity index (χ4n) is 4.65. The van der Waals surface area contributed by atoms with Crippen molar-refractivity contribution in [1.82, 2.24) is 35.4 Å². The molecule has 3 amide bonds. The minimum Gasteiger partial charge on any atom is -0.373 e. The lowest BCUT2D eigenvalue weighted by Gasteiger charge is -2.27. The first kappa shape index (κ1) is 25.7. The summed E-state index contributed by atoms with van der Waals surface area (Å²) in [6, 6.07) is -0.801. The number of anilines is 2. The lowest BCUT2D eigenvalue weighted by molar-refractivity contribution is -0.136. The van der Waals surface area contributed by atoms with Gasteiger partial charge in [0.15, 0.2) is 0 Å². The van der Waals surface area contributed by atoms with Crippen molar-refractivity contribution in [2.24, 2.45) is 17.6 Å². The fourth-order valence-corrected chi connectivity index (χ4v) is 5.38. The summed E-state index contributed by atoms with van der Waals surface area (Å²) in [5.74, 6) is -3.79. The van der Waals surface area contributed by atoms with Gasteiger partial charge in [-0.2, -0.15) is 0 Å². The number of halogens is 2. The molecular formula is C22H26F2N10O3S. The second-order valence-corrected chi connectivity index (χ2v) is 9.97. The number of amides is 3. The number of aromatic nitrogens is 3. The first-order valence-electron chi connectivity index (χ1n) is 11.8. The Morgan fingerprint density at radius 3 is 2.63 bits per heavy atom. The summed E-state index contributed by atoms with van der Waals surface area (Å²) in [6.07, 6.45) is 3.49. The molecule has 202 valence electrons. The van der Waals surface area contributed by atoms with Gasteiger partial charge in [0.2, 0.25) is 18.3 Å². The highest BCUT2D eigenvalue weighted by Gasteiger charge is 2.72. The van der Waals surface area contributed by atoms with Crippen LogP contribution in [0.2, 0.25) is 0 Å². The van der Waals surface area contributed by atoms with Crippen molar-refractivity contribution in [3.8, 4) is 10.6 Å². The number of alkyl halides is 2. The van der Waals surface area contributed by atoms with Gasteiger partial charge >= 0.3 is 0 Å². The number of nitrogens with zero attached hydrogens (tertiary/aromatic N) is 6. The summed E-state index contributed by atoms with van der Waals surface area (Å²) >= 11 is 1.28. The number of nitrogens with two attached hydrogens (primary N) is 1. The van der Waals surface area contributed by atoms with E-state index in [4.69, 9.17) is 5.73 Å². The Hall–Kier alpha value is -3.92. The van der Waals surface area contributed by atoms with Gasteiger partial charge in [-0.25, -0.2) is 23.7 Å². The molecule has 2 aliphatic heterocycles. The van der Waals surface area contributed by atoms with Gasteiger partial charge in [0, 0.05) is 43.5 Å². The zero-order valence-electron chi connectivity index (χ0n) is 20.5. The number of thiazole rings is 1. The van der Waals surface area contributed by atoms with Crippen molar-refractivity contribution >= 4 is 41.3 Å². The molecule has 16 heteroatoms. The minimum absolute atomic E-state index is 0.114. The van der Waals surface area contributed by atoms with Gasteiger partial charge in [-0.1, -0.05) is 0 Å². The summed E-state index contributed by atoms with van der Waals surface area (Å²) < 4.78 is 26.9. The monoisotopic (exact) mass is 548 g/mol. The maximum absolute atomic E-state index is 13.4. The SMILES string of the molecule is CNC1=C(C(=O)N(C=O)CN)N([C@@H](C)C(=O)Nc2csc(-c3cnc(N4CC5C(C4)C5(F)F)nc3)n2)CN1. The van der Waals surface area contributed by atoms with Gasteiger partial charge in [-0.3, -0.25) is 19.3 Å². The van der Waals surface area contributed by atoms with Crippen LogP contribution in [0, 0.1) is 11.8 Å². The third-order valence-electron chi connectivity index (χ3n) is 6.96. The summed E-state index contributed by atoms with van der Waals surface area (Å²) in [5, 5.41) is 10.8. The molecule has 1 saturated heterocycles. The number of piperidine rings is 1. The molecule has 5 rings (SSSR count). The normalized spacial score (nSPS) is 22.0. The van der Waals surface area contributed by atoms with Crippen molar-refractivity contribution in [2.75, 3.05) is 43.7 Å². The number of fused-ring (bicyclic) bond motifs is 1. The van der Waals surface area contributed by atoms with Crippen molar-refractivity contribution in [3.05, 3.63) is 29.3 Å². The van der Waals surface area contributed by atoms with Crippen LogP contribution in [0.15, 0.2) is 29.3 Å².